The van der Waals surface area contributed by atoms with Gasteiger partial charge in [-0.3, -0.25) is 0 Å². The Bertz CT molecular complexity index is 172. The van der Waals surface area contributed by atoms with Gasteiger partial charge >= 0.3 is 0 Å². The fourth-order valence-corrected chi connectivity index (χ4v) is 2.34. The topological polar surface area (TPSA) is 21.3 Å². The first-order chi connectivity index (χ1) is 7.64. The van der Waals surface area contributed by atoms with Crippen molar-refractivity contribution in [1.82, 2.24) is 5.32 Å². The Morgan fingerprint density at radius 1 is 1.06 bits per heavy atom. The minimum atomic E-state index is 0.0224. The monoisotopic (exact) mass is 227 g/mol. The van der Waals surface area contributed by atoms with Crippen LogP contribution in [0.15, 0.2) is 0 Å². The molecule has 0 aromatic heterocycles. The molecule has 1 N–H and O–H groups in total. The quantitative estimate of drug-likeness (QED) is 0.776. The third kappa shape index (κ3) is 5.86. The van der Waals surface area contributed by atoms with Crippen LogP contribution in [0.4, 0.5) is 0 Å². The molecule has 1 fully saturated rings. The second-order valence-electron chi connectivity index (χ2n) is 5.71. The van der Waals surface area contributed by atoms with E-state index in [1.807, 2.05) is 0 Å². The number of hydrogen-bond acceptors (Lipinski definition) is 2. The van der Waals surface area contributed by atoms with E-state index >= 15 is 0 Å². The van der Waals surface area contributed by atoms with Crippen molar-refractivity contribution in [3.8, 4) is 0 Å². The van der Waals surface area contributed by atoms with Crippen LogP contribution in [0.5, 0.6) is 0 Å². The van der Waals surface area contributed by atoms with E-state index in [9.17, 15) is 0 Å². The van der Waals surface area contributed by atoms with Crippen LogP contribution in [0.2, 0.25) is 0 Å². The van der Waals surface area contributed by atoms with Crippen LogP contribution in [-0.2, 0) is 4.74 Å². The molecule has 0 amide bonds. The highest BCUT2D eigenvalue weighted by molar-refractivity contribution is 4.74. The molecule has 1 aliphatic carbocycles. The van der Waals surface area contributed by atoms with Crippen molar-refractivity contribution in [2.24, 2.45) is 0 Å². The van der Waals surface area contributed by atoms with Gasteiger partial charge in [-0.15, -0.1) is 0 Å². The summed E-state index contributed by atoms with van der Waals surface area (Å²) in [5, 5.41) is 3.70. The molecule has 0 unspecified atom stereocenters. The second-order valence-corrected chi connectivity index (χ2v) is 5.71. The van der Waals surface area contributed by atoms with Crippen molar-refractivity contribution < 1.29 is 4.74 Å². The van der Waals surface area contributed by atoms with E-state index in [-0.39, 0.29) is 5.60 Å². The van der Waals surface area contributed by atoms with Crippen LogP contribution < -0.4 is 5.32 Å². The lowest BCUT2D eigenvalue weighted by atomic mass is 9.96. The first-order valence-electron chi connectivity index (χ1n) is 6.92. The smallest absolute Gasteiger partial charge is 0.0634 e. The van der Waals surface area contributed by atoms with Crippen LogP contribution >= 0.6 is 0 Å². The Balaban J connectivity index is 2.15. The SMILES string of the molecule is COC(C)(C)CCNC1CCCCCCC1. The minimum absolute atomic E-state index is 0.0224. The highest BCUT2D eigenvalue weighted by atomic mass is 16.5. The lowest BCUT2D eigenvalue weighted by molar-refractivity contribution is 0.0152. The summed E-state index contributed by atoms with van der Waals surface area (Å²) in [7, 11) is 1.80. The van der Waals surface area contributed by atoms with E-state index in [1.165, 1.54) is 44.9 Å². The number of nitrogens with one attached hydrogen (secondary N) is 1. The van der Waals surface area contributed by atoms with Crippen LogP contribution in [0.25, 0.3) is 0 Å². The van der Waals surface area contributed by atoms with Gasteiger partial charge in [0.2, 0.25) is 0 Å². The third-order valence-electron chi connectivity index (χ3n) is 3.82. The Hall–Kier alpha value is -0.0800. The van der Waals surface area contributed by atoms with Crippen LogP contribution in [0.1, 0.15) is 65.2 Å². The Morgan fingerprint density at radius 3 is 2.19 bits per heavy atom. The standard InChI is InChI=1S/C14H29NO/c1-14(2,16-3)11-12-15-13-9-7-5-4-6-8-10-13/h13,15H,4-12H2,1-3H3. The predicted octanol–water partition coefficient (Wildman–Crippen LogP) is 3.50. The first-order valence-corrected chi connectivity index (χ1v) is 6.92. The number of hydrogen-bond donors (Lipinski definition) is 1. The maximum Gasteiger partial charge on any atom is 0.0634 e. The Labute approximate surface area is 101 Å². The van der Waals surface area contributed by atoms with E-state index in [0.29, 0.717) is 0 Å². The fourth-order valence-electron chi connectivity index (χ4n) is 2.34. The minimum Gasteiger partial charge on any atom is -0.379 e. The van der Waals surface area contributed by atoms with Crippen molar-refractivity contribution in [2.45, 2.75) is 76.9 Å². The molecular formula is C14H29NO. The molecule has 1 aliphatic rings. The number of rotatable bonds is 5. The molecule has 0 aromatic carbocycles. The van der Waals surface area contributed by atoms with Crippen molar-refractivity contribution in [3.05, 3.63) is 0 Å². The number of methoxy groups -OCH3 is 1. The molecule has 1 rings (SSSR count). The average molecular weight is 227 g/mol. The highest BCUT2D eigenvalue weighted by Gasteiger charge is 2.17. The maximum atomic E-state index is 5.43. The van der Waals surface area contributed by atoms with Gasteiger partial charge in [0, 0.05) is 13.2 Å². The molecule has 16 heavy (non-hydrogen) atoms. The molecule has 0 aliphatic heterocycles. The molecule has 0 bridgehead atoms. The van der Waals surface area contributed by atoms with E-state index in [4.69, 9.17) is 4.74 Å². The van der Waals surface area contributed by atoms with E-state index in [0.717, 1.165) is 19.0 Å². The van der Waals surface area contributed by atoms with E-state index in [2.05, 4.69) is 19.2 Å². The van der Waals surface area contributed by atoms with Crippen molar-refractivity contribution in [3.63, 3.8) is 0 Å². The van der Waals surface area contributed by atoms with Gasteiger partial charge in [0.1, 0.15) is 0 Å². The van der Waals surface area contributed by atoms with Crippen molar-refractivity contribution >= 4 is 0 Å². The summed E-state index contributed by atoms with van der Waals surface area (Å²) in [6.45, 7) is 5.41. The fraction of sp³-hybridized carbons (Fsp3) is 1.00. The van der Waals surface area contributed by atoms with E-state index < -0.39 is 0 Å². The van der Waals surface area contributed by atoms with Gasteiger partial charge in [0.25, 0.3) is 0 Å². The molecular weight excluding hydrogens is 198 g/mol. The molecule has 1 saturated carbocycles. The highest BCUT2D eigenvalue weighted by Crippen LogP contribution is 2.18. The maximum absolute atomic E-state index is 5.43. The Kier molecular flexibility index (Phi) is 6.37. The molecule has 0 saturated heterocycles. The summed E-state index contributed by atoms with van der Waals surface area (Å²) >= 11 is 0. The third-order valence-corrected chi connectivity index (χ3v) is 3.82. The summed E-state index contributed by atoms with van der Waals surface area (Å²) in [6.07, 6.45) is 11.0. The van der Waals surface area contributed by atoms with Gasteiger partial charge in [-0.1, -0.05) is 32.1 Å². The van der Waals surface area contributed by atoms with Gasteiger partial charge in [-0.25, -0.2) is 0 Å². The first kappa shape index (κ1) is 14.0. The molecule has 0 spiro atoms. The zero-order valence-corrected chi connectivity index (χ0v) is 11.3. The lowest BCUT2D eigenvalue weighted by Gasteiger charge is -2.26. The lowest BCUT2D eigenvalue weighted by Crippen LogP contribution is -2.35. The second kappa shape index (κ2) is 7.29. The van der Waals surface area contributed by atoms with Gasteiger partial charge in [-0.2, -0.15) is 0 Å². The van der Waals surface area contributed by atoms with Gasteiger partial charge < -0.3 is 10.1 Å². The summed E-state index contributed by atoms with van der Waals surface area (Å²) in [5.41, 5.74) is 0.0224. The summed E-state index contributed by atoms with van der Waals surface area (Å²) < 4.78 is 5.43. The molecule has 0 atom stereocenters. The van der Waals surface area contributed by atoms with Crippen molar-refractivity contribution in [1.29, 1.82) is 0 Å². The number of ether oxygens (including phenoxy) is 1. The van der Waals surface area contributed by atoms with Crippen molar-refractivity contribution in [2.75, 3.05) is 13.7 Å². The van der Waals surface area contributed by atoms with Gasteiger partial charge in [-0.05, 0) is 39.7 Å². The van der Waals surface area contributed by atoms with Crippen LogP contribution in [-0.4, -0.2) is 25.3 Å². The summed E-state index contributed by atoms with van der Waals surface area (Å²) in [5.74, 6) is 0. The molecule has 0 aromatic rings. The predicted molar refractivity (Wildman–Crippen MR) is 69.8 cm³/mol. The zero-order chi connectivity index (χ0) is 11.9. The molecule has 0 radical (unpaired) electrons. The summed E-state index contributed by atoms with van der Waals surface area (Å²) in [4.78, 5) is 0. The summed E-state index contributed by atoms with van der Waals surface area (Å²) in [6, 6.07) is 0.757. The molecule has 2 heteroatoms. The molecule has 0 heterocycles. The van der Waals surface area contributed by atoms with Crippen LogP contribution in [0, 0.1) is 0 Å². The van der Waals surface area contributed by atoms with Crippen LogP contribution in [0.3, 0.4) is 0 Å². The molecule has 96 valence electrons. The van der Waals surface area contributed by atoms with E-state index in [1.54, 1.807) is 7.11 Å². The normalized spacial score (nSPS) is 20.4. The molecule has 2 nitrogen and oxygen atoms in total. The average Bonchev–Trinajstić information content (AvgIpc) is 2.21. The largest absolute Gasteiger partial charge is 0.379 e. The Morgan fingerprint density at radius 2 is 1.62 bits per heavy atom. The van der Waals surface area contributed by atoms with Gasteiger partial charge in [0.05, 0.1) is 5.60 Å². The zero-order valence-electron chi connectivity index (χ0n) is 11.3. The van der Waals surface area contributed by atoms with Gasteiger partial charge in [0.15, 0.2) is 0 Å².